The Morgan fingerprint density at radius 1 is 1.53 bits per heavy atom. The predicted molar refractivity (Wildman–Crippen MR) is 72.7 cm³/mol. The van der Waals surface area contributed by atoms with E-state index in [0.717, 1.165) is 5.69 Å². The third-order valence-electron chi connectivity index (χ3n) is 2.64. The molecule has 0 atom stereocenters. The van der Waals surface area contributed by atoms with Crippen molar-refractivity contribution in [1.29, 1.82) is 0 Å². The SMILES string of the molecule is CN(Cc1cscn1)c1ccc([N+](=O)[O-])cc1C=O. The molecular weight excluding hydrogens is 266 g/mol. The molecule has 0 aliphatic carbocycles. The Labute approximate surface area is 113 Å². The molecule has 1 aromatic heterocycles. The Hall–Kier alpha value is -2.28. The number of hydrogen-bond donors (Lipinski definition) is 0. The molecule has 1 aromatic carbocycles. The number of nitrogens with zero attached hydrogens (tertiary/aromatic N) is 3. The van der Waals surface area contributed by atoms with Gasteiger partial charge in [-0.05, 0) is 6.07 Å². The zero-order valence-corrected chi connectivity index (χ0v) is 11.0. The second kappa shape index (κ2) is 5.57. The van der Waals surface area contributed by atoms with Gasteiger partial charge < -0.3 is 4.90 Å². The van der Waals surface area contributed by atoms with E-state index in [4.69, 9.17) is 0 Å². The molecule has 0 saturated carbocycles. The van der Waals surface area contributed by atoms with Gasteiger partial charge in [-0.2, -0.15) is 0 Å². The number of anilines is 1. The largest absolute Gasteiger partial charge is 0.368 e. The predicted octanol–water partition coefficient (Wildman–Crippen LogP) is 2.50. The smallest absolute Gasteiger partial charge is 0.270 e. The standard InChI is InChI=1S/C12H11N3O3S/c1-14(5-10-7-19-8-13-10)12-3-2-11(15(17)18)4-9(12)6-16/h2-4,6-8H,5H2,1H3. The van der Waals surface area contributed by atoms with Crippen molar-refractivity contribution < 1.29 is 9.72 Å². The number of thiazole rings is 1. The number of nitro benzene ring substituents is 1. The fourth-order valence-corrected chi connectivity index (χ4v) is 2.29. The first-order valence-corrected chi connectivity index (χ1v) is 6.38. The molecule has 7 heteroatoms. The Morgan fingerprint density at radius 2 is 2.32 bits per heavy atom. The molecule has 0 fully saturated rings. The number of aldehydes is 1. The van der Waals surface area contributed by atoms with Crippen molar-refractivity contribution in [1.82, 2.24) is 4.98 Å². The van der Waals surface area contributed by atoms with Crippen LogP contribution >= 0.6 is 11.3 Å². The van der Waals surface area contributed by atoms with Gasteiger partial charge in [0, 0.05) is 35.8 Å². The van der Waals surface area contributed by atoms with Gasteiger partial charge in [0.15, 0.2) is 6.29 Å². The second-order valence-corrected chi connectivity index (χ2v) is 4.67. The van der Waals surface area contributed by atoms with Gasteiger partial charge in [0.2, 0.25) is 0 Å². The molecule has 0 aliphatic rings. The van der Waals surface area contributed by atoms with Crippen molar-refractivity contribution in [2.24, 2.45) is 0 Å². The van der Waals surface area contributed by atoms with Crippen LogP contribution in [0.3, 0.4) is 0 Å². The number of non-ortho nitro benzene ring substituents is 1. The summed E-state index contributed by atoms with van der Waals surface area (Å²) in [6.45, 7) is 0.544. The highest BCUT2D eigenvalue weighted by Crippen LogP contribution is 2.24. The zero-order chi connectivity index (χ0) is 13.8. The molecule has 0 bridgehead atoms. The molecule has 0 unspecified atom stereocenters. The van der Waals surface area contributed by atoms with E-state index in [0.29, 0.717) is 24.1 Å². The minimum absolute atomic E-state index is 0.0899. The summed E-state index contributed by atoms with van der Waals surface area (Å²) >= 11 is 1.50. The Morgan fingerprint density at radius 3 is 2.89 bits per heavy atom. The first-order valence-electron chi connectivity index (χ1n) is 5.43. The molecule has 0 saturated heterocycles. The van der Waals surface area contributed by atoms with E-state index in [9.17, 15) is 14.9 Å². The van der Waals surface area contributed by atoms with E-state index < -0.39 is 4.92 Å². The highest BCUT2D eigenvalue weighted by atomic mass is 32.1. The quantitative estimate of drug-likeness (QED) is 0.477. The number of benzene rings is 1. The molecule has 1 heterocycles. The summed E-state index contributed by atoms with van der Waals surface area (Å²) in [5, 5.41) is 12.6. The van der Waals surface area contributed by atoms with Crippen LogP contribution in [0.5, 0.6) is 0 Å². The number of carbonyl (C=O) groups excluding carboxylic acids is 1. The average Bonchev–Trinajstić information content (AvgIpc) is 2.90. The van der Waals surface area contributed by atoms with Crippen LogP contribution in [0, 0.1) is 10.1 Å². The number of carbonyl (C=O) groups is 1. The summed E-state index contributed by atoms with van der Waals surface area (Å²) in [6, 6.07) is 4.24. The van der Waals surface area contributed by atoms with Crippen molar-refractivity contribution in [2.75, 3.05) is 11.9 Å². The summed E-state index contributed by atoms with van der Waals surface area (Å²) in [5.74, 6) is 0. The first-order chi connectivity index (χ1) is 9.11. The molecule has 98 valence electrons. The van der Waals surface area contributed by atoms with Crippen molar-refractivity contribution in [3.63, 3.8) is 0 Å². The van der Waals surface area contributed by atoms with Crippen molar-refractivity contribution >= 4 is 29.0 Å². The van der Waals surface area contributed by atoms with E-state index in [1.54, 1.807) is 11.6 Å². The topological polar surface area (TPSA) is 76.3 Å². The maximum Gasteiger partial charge on any atom is 0.270 e. The number of nitro groups is 1. The number of aromatic nitrogens is 1. The lowest BCUT2D eigenvalue weighted by Crippen LogP contribution is -2.18. The molecular formula is C12H11N3O3S. The third kappa shape index (κ3) is 2.94. The highest BCUT2D eigenvalue weighted by molar-refractivity contribution is 7.07. The number of rotatable bonds is 5. The fraction of sp³-hybridized carbons (Fsp3) is 0.167. The van der Waals surface area contributed by atoms with Crippen LogP contribution in [-0.2, 0) is 6.54 Å². The molecule has 2 aromatic rings. The molecule has 6 nitrogen and oxygen atoms in total. The highest BCUT2D eigenvalue weighted by Gasteiger charge is 2.13. The number of hydrogen-bond acceptors (Lipinski definition) is 6. The van der Waals surface area contributed by atoms with E-state index in [1.165, 1.54) is 23.5 Å². The monoisotopic (exact) mass is 277 g/mol. The van der Waals surface area contributed by atoms with Crippen molar-refractivity contribution in [3.05, 3.63) is 50.5 Å². The van der Waals surface area contributed by atoms with Crippen LogP contribution in [-0.4, -0.2) is 23.2 Å². The Bertz CT molecular complexity index is 598. The minimum Gasteiger partial charge on any atom is -0.368 e. The van der Waals surface area contributed by atoms with Crippen LogP contribution in [0.15, 0.2) is 29.1 Å². The Balaban J connectivity index is 2.28. The first kappa shape index (κ1) is 13.2. The van der Waals surface area contributed by atoms with Crippen LogP contribution in [0.25, 0.3) is 0 Å². The van der Waals surface area contributed by atoms with Crippen molar-refractivity contribution in [3.8, 4) is 0 Å². The molecule has 0 amide bonds. The third-order valence-corrected chi connectivity index (χ3v) is 3.28. The van der Waals surface area contributed by atoms with Gasteiger partial charge in [-0.1, -0.05) is 0 Å². The molecule has 0 radical (unpaired) electrons. The summed E-state index contributed by atoms with van der Waals surface area (Å²) in [4.78, 5) is 27.2. The van der Waals surface area contributed by atoms with Gasteiger partial charge in [-0.25, -0.2) is 4.98 Å². The van der Waals surface area contributed by atoms with Crippen LogP contribution in [0.1, 0.15) is 16.1 Å². The molecule has 0 N–H and O–H groups in total. The lowest BCUT2D eigenvalue weighted by atomic mass is 10.1. The molecule has 0 spiro atoms. The maximum atomic E-state index is 11.0. The van der Waals surface area contributed by atoms with E-state index in [1.807, 2.05) is 17.3 Å². The van der Waals surface area contributed by atoms with E-state index >= 15 is 0 Å². The summed E-state index contributed by atoms with van der Waals surface area (Å²) in [6.07, 6.45) is 0.625. The molecule has 2 rings (SSSR count). The molecule has 0 aliphatic heterocycles. The van der Waals surface area contributed by atoms with E-state index in [2.05, 4.69) is 4.98 Å². The average molecular weight is 277 g/mol. The fourth-order valence-electron chi connectivity index (χ4n) is 1.74. The van der Waals surface area contributed by atoms with Crippen LogP contribution < -0.4 is 4.90 Å². The van der Waals surface area contributed by atoms with Gasteiger partial charge in [0.25, 0.3) is 5.69 Å². The van der Waals surface area contributed by atoms with Gasteiger partial charge in [0.05, 0.1) is 22.7 Å². The zero-order valence-electron chi connectivity index (χ0n) is 10.1. The minimum atomic E-state index is -0.517. The van der Waals surface area contributed by atoms with Gasteiger partial charge in [-0.3, -0.25) is 14.9 Å². The van der Waals surface area contributed by atoms with Crippen molar-refractivity contribution in [2.45, 2.75) is 6.54 Å². The lowest BCUT2D eigenvalue weighted by Gasteiger charge is -2.19. The van der Waals surface area contributed by atoms with Gasteiger partial charge in [-0.15, -0.1) is 11.3 Å². The van der Waals surface area contributed by atoms with Gasteiger partial charge in [0.1, 0.15) is 0 Å². The molecule has 19 heavy (non-hydrogen) atoms. The summed E-state index contributed by atoms with van der Waals surface area (Å²) in [7, 11) is 1.81. The van der Waals surface area contributed by atoms with Crippen LogP contribution in [0.4, 0.5) is 11.4 Å². The summed E-state index contributed by atoms with van der Waals surface area (Å²) in [5.41, 5.74) is 3.48. The normalized spacial score (nSPS) is 10.2. The summed E-state index contributed by atoms with van der Waals surface area (Å²) < 4.78 is 0. The van der Waals surface area contributed by atoms with Gasteiger partial charge >= 0.3 is 0 Å². The maximum absolute atomic E-state index is 11.0. The lowest BCUT2D eigenvalue weighted by molar-refractivity contribution is -0.384. The Kier molecular flexibility index (Phi) is 3.86. The van der Waals surface area contributed by atoms with E-state index in [-0.39, 0.29) is 5.69 Å². The van der Waals surface area contributed by atoms with Crippen LogP contribution in [0.2, 0.25) is 0 Å². The second-order valence-electron chi connectivity index (χ2n) is 3.95.